The maximum Gasteiger partial charge on any atom is 0.416 e. The third-order valence-electron chi connectivity index (χ3n) is 4.14. The number of rotatable bonds is 6. The van der Waals surface area contributed by atoms with E-state index in [1.54, 1.807) is 12.1 Å². The van der Waals surface area contributed by atoms with Crippen LogP contribution in [0.1, 0.15) is 21.7 Å². The van der Waals surface area contributed by atoms with E-state index in [9.17, 15) is 26.4 Å². The Morgan fingerprint density at radius 2 is 1.76 bits per heavy atom. The molecule has 8 nitrogen and oxygen atoms in total. The fourth-order valence-corrected chi connectivity index (χ4v) is 3.81. The average Bonchev–Trinajstić information content (AvgIpc) is 3.29. The van der Waals surface area contributed by atoms with E-state index in [-0.39, 0.29) is 27.8 Å². The van der Waals surface area contributed by atoms with Gasteiger partial charge in [0.15, 0.2) is 5.11 Å². The molecule has 4 N–H and O–H groups in total. The molecule has 174 valence electrons. The Morgan fingerprint density at radius 3 is 2.45 bits per heavy atom. The van der Waals surface area contributed by atoms with Gasteiger partial charge in [-0.25, -0.2) is 8.42 Å². The lowest BCUT2D eigenvalue weighted by Gasteiger charge is -2.13. The monoisotopic (exact) mass is 498 g/mol. The van der Waals surface area contributed by atoms with Crippen LogP contribution in [0.3, 0.4) is 0 Å². The minimum absolute atomic E-state index is 0.0248. The molecule has 13 heteroatoms. The van der Waals surface area contributed by atoms with Crippen molar-refractivity contribution in [3.05, 3.63) is 83.8 Å². The van der Waals surface area contributed by atoms with Gasteiger partial charge >= 0.3 is 6.18 Å². The van der Waals surface area contributed by atoms with Crippen LogP contribution in [0, 0.1) is 0 Å². The zero-order valence-electron chi connectivity index (χ0n) is 16.6. The molecule has 0 saturated carbocycles. The molecule has 0 atom stereocenters. The number of hydrazine groups is 1. The highest BCUT2D eigenvalue weighted by molar-refractivity contribution is 7.92. The van der Waals surface area contributed by atoms with Crippen molar-refractivity contribution < 1.29 is 30.8 Å². The average molecular weight is 499 g/mol. The van der Waals surface area contributed by atoms with Crippen LogP contribution in [0.25, 0.3) is 0 Å². The Balaban J connectivity index is 1.64. The number of carbonyl (C=O) groups is 1. The highest BCUT2D eigenvalue weighted by Gasteiger charge is 2.30. The molecule has 0 unspecified atom stereocenters. The highest BCUT2D eigenvalue weighted by atomic mass is 32.2. The van der Waals surface area contributed by atoms with Crippen LogP contribution in [0.5, 0.6) is 0 Å². The molecule has 1 amide bonds. The van der Waals surface area contributed by atoms with Gasteiger partial charge in [0, 0.05) is 11.3 Å². The molecule has 0 aliphatic rings. The van der Waals surface area contributed by atoms with E-state index < -0.39 is 27.7 Å². The number of hydrogen-bond donors (Lipinski definition) is 4. The topological polar surface area (TPSA) is 112 Å². The first-order valence-corrected chi connectivity index (χ1v) is 11.1. The van der Waals surface area contributed by atoms with Gasteiger partial charge in [-0.2, -0.15) is 13.2 Å². The van der Waals surface area contributed by atoms with E-state index >= 15 is 0 Å². The number of nitrogens with one attached hydrogen (secondary N) is 4. The molecular formula is C20H17F3N4O4S2. The number of amides is 1. The van der Waals surface area contributed by atoms with Crippen LogP contribution in [-0.2, 0) is 22.7 Å². The Labute approximate surface area is 192 Å². The maximum absolute atomic E-state index is 12.9. The van der Waals surface area contributed by atoms with Gasteiger partial charge < -0.3 is 9.73 Å². The van der Waals surface area contributed by atoms with Crippen molar-refractivity contribution in [3.63, 3.8) is 0 Å². The van der Waals surface area contributed by atoms with Crippen LogP contribution in [0.2, 0.25) is 0 Å². The number of carbonyl (C=O) groups excluding carboxylic acids is 1. The molecule has 0 fully saturated rings. The first-order valence-electron chi connectivity index (χ1n) is 9.21. The zero-order chi connectivity index (χ0) is 24.1. The summed E-state index contributed by atoms with van der Waals surface area (Å²) in [7, 11) is -4.26. The molecule has 0 aliphatic carbocycles. The second-order valence-electron chi connectivity index (χ2n) is 6.55. The molecule has 0 saturated heterocycles. The summed E-state index contributed by atoms with van der Waals surface area (Å²) in [5.74, 6) is -0.0649. The number of thiocarbonyl (C=S) groups is 1. The number of alkyl halides is 3. The molecule has 0 bridgehead atoms. The Morgan fingerprint density at radius 1 is 1.00 bits per heavy atom. The first kappa shape index (κ1) is 24.1. The Kier molecular flexibility index (Phi) is 7.23. The van der Waals surface area contributed by atoms with Gasteiger partial charge in [-0.1, -0.05) is 12.1 Å². The van der Waals surface area contributed by atoms with Gasteiger partial charge in [0.2, 0.25) is 0 Å². The molecule has 33 heavy (non-hydrogen) atoms. The summed E-state index contributed by atoms with van der Waals surface area (Å²) in [5, 5.41) is 2.89. The van der Waals surface area contributed by atoms with Gasteiger partial charge in [0.1, 0.15) is 5.76 Å². The minimum atomic E-state index is -4.63. The van der Waals surface area contributed by atoms with Crippen molar-refractivity contribution in [2.24, 2.45) is 0 Å². The largest absolute Gasteiger partial charge is 0.467 e. The summed E-state index contributed by atoms with van der Waals surface area (Å²) >= 11 is 5.03. The lowest BCUT2D eigenvalue weighted by Crippen LogP contribution is -2.46. The molecule has 0 radical (unpaired) electrons. The van der Waals surface area contributed by atoms with Crippen LogP contribution in [-0.4, -0.2) is 19.4 Å². The fraction of sp³-hybridized carbons (Fsp3) is 0.100. The van der Waals surface area contributed by atoms with Gasteiger partial charge in [-0.15, -0.1) is 0 Å². The van der Waals surface area contributed by atoms with Crippen molar-refractivity contribution in [1.29, 1.82) is 0 Å². The molecule has 1 aromatic heterocycles. The van der Waals surface area contributed by atoms with Crippen molar-refractivity contribution in [3.8, 4) is 0 Å². The number of hydrogen-bond acceptors (Lipinski definition) is 5. The van der Waals surface area contributed by atoms with Gasteiger partial charge in [-0.05, 0) is 60.7 Å². The standard InChI is InChI=1S/C20H17F3N4O4S2/c21-20(22,23)14-5-2-6-15(11-14)27-33(29,30)17-8-1-4-13(10-17)18(28)25-26-19(32)24-12-16-7-3-9-31-16/h1-11,27H,12H2,(H,25,28)(H2,24,26,32). The summed E-state index contributed by atoms with van der Waals surface area (Å²) in [4.78, 5) is 12.0. The highest BCUT2D eigenvalue weighted by Crippen LogP contribution is 2.31. The second-order valence-corrected chi connectivity index (χ2v) is 8.64. The predicted molar refractivity (Wildman–Crippen MR) is 117 cm³/mol. The normalized spacial score (nSPS) is 11.5. The van der Waals surface area contributed by atoms with E-state index in [1.165, 1.54) is 30.5 Å². The van der Waals surface area contributed by atoms with E-state index in [0.29, 0.717) is 11.8 Å². The summed E-state index contributed by atoms with van der Waals surface area (Å²) < 4.78 is 71.1. The van der Waals surface area contributed by atoms with Crippen molar-refractivity contribution >= 4 is 38.9 Å². The third kappa shape index (κ3) is 6.70. The third-order valence-corrected chi connectivity index (χ3v) is 5.77. The SMILES string of the molecule is O=C(NNC(=S)NCc1ccco1)c1cccc(S(=O)(=O)Nc2cccc(C(F)(F)F)c2)c1. The quantitative estimate of drug-likeness (QED) is 0.304. The van der Waals surface area contributed by atoms with Crippen LogP contribution in [0.4, 0.5) is 18.9 Å². The van der Waals surface area contributed by atoms with Crippen LogP contribution in [0.15, 0.2) is 76.2 Å². The van der Waals surface area contributed by atoms with E-state index in [1.807, 2.05) is 0 Å². The molecular weight excluding hydrogens is 481 g/mol. The minimum Gasteiger partial charge on any atom is -0.467 e. The smallest absolute Gasteiger partial charge is 0.416 e. The number of benzene rings is 2. The summed E-state index contributed by atoms with van der Waals surface area (Å²) in [5.41, 5.74) is 3.49. The Bertz CT molecular complexity index is 1250. The molecule has 3 aromatic rings. The summed E-state index contributed by atoms with van der Waals surface area (Å²) in [6, 6.07) is 12.2. The van der Waals surface area contributed by atoms with Crippen molar-refractivity contribution in [2.45, 2.75) is 17.6 Å². The molecule has 0 spiro atoms. The molecule has 3 rings (SSSR count). The van der Waals surface area contributed by atoms with E-state index in [4.69, 9.17) is 16.6 Å². The zero-order valence-corrected chi connectivity index (χ0v) is 18.3. The maximum atomic E-state index is 12.9. The summed E-state index contributed by atoms with van der Waals surface area (Å²) in [6.45, 7) is 0.281. The van der Waals surface area contributed by atoms with Crippen LogP contribution >= 0.6 is 12.2 Å². The Hall–Kier alpha value is -3.58. The molecule has 1 heterocycles. The number of halogens is 3. The lowest BCUT2D eigenvalue weighted by molar-refractivity contribution is -0.137. The fourth-order valence-electron chi connectivity index (χ4n) is 2.59. The number of sulfonamides is 1. The van der Waals surface area contributed by atoms with Crippen LogP contribution < -0.4 is 20.9 Å². The van der Waals surface area contributed by atoms with E-state index in [0.717, 1.165) is 18.2 Å². The lowest BCUT2D eigenvalue weighted by atomic mass is 10.2. The van der Waals surface area contributed by atoms with E-state index in [2.05, 4.69) is 20.9 Å². The molecule has 2 aromatic carbocycles. The predicted octanol–water partition coefficient (Wildman–Crippen LogP) is 3.41. The second kappa shape index (κ2) is 9.92. The van der Waals surface area contributed by atoms with Gasteiger partial charge in [0.25, 0.3) is 15.9 Å². The summed E-state index contributed by atoms with van der Waals surface area (Å²) in [6.07, 6.45) is -3.13. The number of furan rings is 1. The number of anilines is 1. The first-order chi connectivity index (χ1) is 15.5. The van der Waals surface area contributed by atoms with Gasteiger partial charge in [0.05, 0.1) is 23.3 Å². The van der Waals surface area contributed by atoms with Crippen molar-refractivity contribution in [1.82, 2.24) is 16.2 Å². The molecule has 0 aliphatic heterocycles. The van der Waals surface area contributed by atoms with Crippen molar-refractivity contribution in [2.75, 3.05) is 4.72 Å². The van der Waals surface area contributed by atoms with Gasteiger partial charge in [-0.3, -0.25) is 20.4 Å².